The smallest absolute Gasteiger partial charge is 0.0434 e. The van der Waals surface area contributed by atoms with Crippen LogP contribution in [0, 0.1) is 5.92 Å². The Balaban J connectivity index is 0.00000289. The average molecular weight is 261 g/mol. The maximum absolute atomic E-state index is 9.02. The normalized spacial score (nSPS) is 24.8. The van der Waals surface area contributed by atoms with Crippen molar-refractivity contribution in [3.05, 3.63) is 0 Å². The third-order valence-corrected chi connectivity index (χ3v) is 3.34. The molecule has 1 saturated heterocycles. The van der Waals surface area contributed by atoms with Gasteiger partial charge in [-0.2, -0.15) is 0 Å². The highest BCUT2D eigenvalue weighted by Crippen LogP contribution is 2.01. The van der Waals surface area contributed by atoms with Crippen molar-refractivity contribution >= 4 is 0 Å². The fourth-order valence-electron chi connectivity index (χ4n) is 2.23. The molecule has 1 unspecified atom stereocenters. The van der Waals surface area contributed by atoms with Gasteiger partial charge in [0.15, 0.2) is 0 Å². The molecule has 110 valence electrons. The molecule has 18 heavy (non-hydrogen) atoms. The van der Waals surface area contributed by atoms with Crippen LogP contribution in [0.25, 0.3) is 0 Å². The molecular formula is C13H31N3O2. The van der Waals surface area contributed by atoms with E-state index in [1.807, 2.05) is 0 Å². The Morgan fingerprint density at radius 2 is 1.33 bits per heavy atom. The summed E-state index contributed by atoms with van der Waals surface area (Å²) in [6.45, 7) is 6.69. The second kappa shape index (κ2) is 13.2. The van der Waals surface area contributed by atoms with Gasteiger partial charge in [-0.3, -0.25) is 0 Å². The Hall–Kier alpha value is -0.200. The Labute approximate surface area is 111 Å². The molecule has 0 bridgehead atoms. The molecule has 0 radical (unpaired) electrons. The third-order valence-electron chi connectivity index (χ3n) is 3.34. The zero-order valence-corrected chi connectivity index (χ0v) is 11.5. The molecule has 0 saturated carbocycles. The Kier molecular flexibility index (Phi) is 13.1. The predicted octanol–water partition coefficient (Wildman–Crippen LogP) is -0.497. The molecule has 1 atom stereocenters. The van der Waals surface area contributed by atoms with Crippen molar-refractivity contribution in [1.29, 1.82) is 0 Å². The van der Waals surface area contributed by atoms with E-state index in [9.17, 15) is 0 Å². The molecule has 0 aromatic carbocycles. The van der Waals surface area contributed by atoms with Crippen LogP contribution in [-0.4, -0.2) is 56.5 Å². The standard InChI is InChI=1S/C13H29N3O.H2O/c17-10-5-13-11-15-7-4-2-1-3-6-14-8-9-16-12-13;/h13-17H,1-12H2;1H2. The molecule has 1 fully saturated rings. The SMILES string of the molecule is O.OCCC1CNCCCCCCNCCNC1. The maximum atomic E-state index is 9.02. The zero-order chi connectivity index (χ0) is 12.2. The van der Waals surface area contributed by atoms with Crippen molar-refractivity contribution in [2.45, 2.75) is 32.1 Å². The van der Waals surface area contributed by atoms with Gasteiger partial charge in [-0.25, -0.2) is 0 Å². The van der Waals surface area contributed by atoms with Crippen molar-refractivity contribution in [3.8, 4) is 0 Å². The van der Waals surface area contributed by atoms with E-state index in [4.69, 9.17) is 5.11 Å². The summed E-state index contributed by atoms with van der Waals surface area (Å²) in [5.41, 5.74) is 0. The van der Waals surface area contributed by atoms with Gasteiger partial charge in [-0.1, -0.05) is 12.8 Å². The molecule has 0 aromatic rings. The van der Waals surface area contributed by atoms with Crippen LogP contribution in [0.2, 0.25) is 0 Å². The topological polar surface area (TPSA) is 87.8 Å². The summed E-state index contributed by atoms with van der Waals surface area (Å²) in [4.78, 5) is 0. The summed E-state index contributed by atoms with van der Waals surface area (Å²) < 4.78 is 0. The van der Waals surface area contributed by atoms with Crippen molar-refractivity contribution in [1.82, 2.24) is 16.0 Å². The van der Waals surface area contributed by atoms with Crippen LogP contribution in [-0.2, 0) is 0 Å². The van der Waals surface area contributed by atoms with Gasteiger partial charge in [0.25, 0.3) is 0 Å². The average Bonchev–Trinajstić information content (AvgIpc) is 2.34. The van der Waals surface area contributed by atoms with E-state index in [2.05, 4.69) is 16.0 Å². The summed E-state index contributed by atoms with van der Waals surface area (Å²) in [6, 6.07) is 0. The van der Waals surface area contributed by atoms with E-state index >= 15 is 0 Å². The van der Waals surface area contributed by atoms with Crippen molar-refractivity contribution in [2.75, 3.05) is 45.9 Å². The predicted molar refractivity (Wildman–Crippen MR) is 75.9 cm³/mol. The molecular weight excluding hydrogens is 230 g/mol. The lowest BCUT2D eigenvalue weighted by Crippen LogP contribution is -2.36. The van der Waals surface area contributed by atoms with E-state index in [0.717, 1.165) is 45.7 Å². The lowest BCUT2D eigenvalue weighted by atomic mass is 10.1. The molecule has 1 heterocycles. The van der Waals surface area contributed by atoms with Gasteiger partial charge in [0.1, 0.15) is 0 Å². The first-order valence-electron chi connectivity index (χ1n) is 7.16. The van der Waals surface area contributed by atoms with E-state index in [0.29, 0.717) is 12.5 Å². The minimum absolute atomic E-state index is 0. The van der Waals surface area contributed by atoms with Crippen molar-refractivity contribution < 1.29 is 10.6 Å². The molecule has 1 aliphatic rings. The summed E-state index contributed by atoms with van der Waals surface area (Å²) in [6.07, 6.45) is 6.14. The number of hydrogen-bond donors (Lipinski definition) is 4. The first kappa shape index (κ1) is 17.8. The Bertz CT molecular complexity index is 156. The highest BCUT2D eigenvalue weighted by atomic mass is 16.3. The van der Waals surface area contributed by atoms with E-state index < -0.39 is 0 Å². The van der Waals surface area contributed by atoms with E-state index in [-0.39, 0.29) is 5.48 Å². The van der Waals surface area contributed by atoms with E-state index in [1.165, 1.54) is 25.7 Å². The minimum Gasteiger partial charge on any atom is -0.412 e. The fourth-order valence-corrected chi connectivity index (χ4v) is 2.23. The van der Waals surface area contributed by atoms with Crippen LogP contribution < -0.4 is 16.0 Å². The van der Waals surface area contributed by atoms with Crippen LogP contribution in [0.5, 0.6) is 0 Å². The molecule has 5 nitrogen and oxygen atoms in total. The summed E-state index contributed by atoms with van der Waals surface area (Å²) in [5.74, 6) is 0.558. The molecule has 6 N–H and O–H groups in total. The maximum Gasteiger partial charge on any atom is 0.0434 e. The van der Waals surface area contributed by atoms with Crippen LogP contribution in [0.1, 0.15) is 32.1 Å². The first-order valence-corrected chi connectivity index (χ1v) is 7.16. The van der Waals surface area contributed by atoms with Crippen LogP contribution in [0.3, 0.4) is 0 Å². The van der Waals surface area contributed by atoms with Gasteiger partial charge < -0.3 is 26.5 Å². The molecule has 1 rings (SSSR count). The van der Waals surface area contributed by atoms with Crippen LogP contribution >= 0.6 is 0 Å². The monoisotopic (exact) mass is 261 g/mol. The molecule has 1 aliphatic heterocycles. The second-order valence-corrected chi connectivity index (χ2v) is 4.95. The minimum atomic E-state index is 0. The molecule has 0 aliphatic carbocycles. The number of hydrogen-bond acceptors (Lipinski definition) is 4. The molecule has 0 amide bonds. The molecule has 0 spiro atoms. The number of rotatable bonds is 2. The number of aliphatic hydroxyl groups excluding tert-OH is 1. The van der Waals surface area contributed by atoms with E-state index in [1.54, 1.807) is 0 Å². The largest absolute Gasteiger partial charge is 0.412 e. The highest BCUT2D eigenvalue weighted by molar-refractivity contribution is 4.66. The van der Waals surface area contributed by atoms with Crippen molar-refractivity contribution in [2.24, 2.45) is 5.92 Å². The molecule has 5 heteroatoms. The third kappa shape index (κ3) is 9.79. The van der Waals surface area contributed by atoms with Gasteiger partial charge in [-0.05, 0) is 51.4 Å². The first-order chi connectivity index (χ1) is 8.43. The lowest BCUT2D eigenvalue weighted by Gasteiger charge is -2.18. The van der Waals surface area contributed by atoms with Gasteiger partial charge in [0, 0.05) is 19.7 Å². The Morgan fingerprint density at radius 3 is 2.00 bits per heavy atom. The lowest BCUT2D eigenvalue weighted by molar-refractivity contribution is 0.250. The van der Waals surface area contributed by atoms with Gasteiger partial charge in [0.05, 0.1) is 0 Å². The van der Waals surface area contributed by atoms with Crippen LogP contribution in [0.4, 0.5) is 0 Å². The van der Waals surface area contributed by atoms with Crippen molar-refractivity contribution in [3.63, 3.8) is 0 Å². The Morgan fingerprint density at radius 1 is 0.778 bits per heavy atom. The van der Waals surface area contributed by atoms with Gasteiger partial charge in [-0.15, -0.1) is 0 Å². The van der Waals surface area contributed by atoms with Gasteiger partial charge in [0.2, 0.25) is 0 Å². The van der Waals surface area contributed by atoms with Crippen LogP contribution in [0.15, 0.2) is 0 Å². The molecule has 0 aromatic heterocycles. The summed E-state index contributed by atoms with van der Waals surface area (Å²) in [7, 11) is 0. The highest BCUT2D eigenvalue weighted by Gasteiger charge is 2.07. The van der Waals surface area contributed by atoms with Gasteiger partial charge >= 0.3 is 0 Å². The fraction of sp³-hybridized carbons (Fsp3) is 1.00. The quantitative estimate of drug-likeness (QED) is 0.540. The summed E-state index contributed by atoms with van der Waals surface area (Å²) in [5, 5.41) is 19.4. The number of nitrogens with one attached hydrogen (secondary N) is 3. The zero-order valence-electron chi connectivity index (χ0n) is 11.5. The second-order valence-electron chi connectivity index (χ2n) is 4.95. The number of aliphatic hydroxyl groups is 1. The summed E-state index contributed by atoms with van der Waals surface area (Å²) >= 11 is 0.